The van der Waals surface area contributed by atoms with Crippen LogP contribution in [0.5, 0.6) is 11.5 Å². The van der Waals surface area contributed by atoms with Gasteiger partial charge in [0, 0.05) is 21.9 Å². The van der Waals surface area contributed by atoms with Crippen molar-refractivity contribution in [2.24, 2.45) is 11.3 Å². The van der Waals surface area contributed by atoms with E-state index in [1.54, 1.807) is 33.3 Å². The van der Waals surface area contributed by atoms with Crippen molar-refractivity contribution in [3.63, 3.8) is 0 Å². The summed E-state index contributed by atoms with van der Waals surface area (Å²) >= 11 is 1.49. The minimum atomic E-state index is -0.391. The molecular formula is C33H36N2O5S. The highest BCUT2D eigenvalue weighted by molar-refractivity contribution is 7.17. The zero-order valence-electron chi connectivity index (χ0n) is 24.4. The molecule has 1 atom stereocenters. The van der Waals surface area contributed by atoms with Crippen LogP contribution in [0.3, 0.4) is 0 Å². The first-order chi connectivity index (χ1) is 19.6. The van der Waals surface area contributed by atoms with Gasteiger partial charge in [0.1, 0.15) is 16.5 Å². The third-order valence-corrected chi connectivity index (χ3v) is 9.01. The molecule has 7 nitrogen and oxygen atoms in total. The van der Waals surface area contributed by atoms with Crippen LogP contribution in [0.4, 0.5) is 5.00 Å². The summed E-state index contributed by atoms with van der Waals surface area (Å²) in [5.41, 5.74) is 4.12. The minimum absolute atomic E-state index is 0.157. The maximum Gasteiger partial charge on any atom is 0.341 e. The van der Waals surface area contributed by atoms with Crippen LogP contribution in [0.25, 0.3) is 22.2 Å². The average Bonchev–Trinajstić information content (AvgIpc) is 3.32. The molecule has 2 aromatic carbocycles. The number of benzene rings is 2. The van der Waals surface area contributed by atoms with Crippen molar-refractivity contribution in [2.45, 2.75) is 47.0 Å². The number of rotatable bonds is 7. The van der Waals surface area contributed by atoms with E-state index in [0.717, 1.165) is 35.3 Å². The van der Waals surface area contributed by atoms with E-state index in [9.17, 15) is 9.59 Å². The summed E-state index contributed by atoms with van der Waals surface area (Å²) in [4.78, 5) is 33.2. The summed E-state index contributed by atoms with van der Waals surface area (Å²) in [5.74, 6) is 1.04. The van der Waals surface area contributed by atoms with E-state index in [4.69, 9.17) is 19.2 Å². The van der Waals surface area contributed by atoms with Gasteiger partial charge in [-0.2, -0.15) is 0 Å². The summed E-state index contributed by atoms with van der Waals surface area (Å²) in [5, 5.41) is 4.35. The van der Waals surface area contributed by atoms with Gasteiger partial charge < -0.3 is 19.5 Å². The molecule has 1 N–H and O–H groups in total. The molecule has 0 spiro atoms. The largest absolute Gasteiger partial charge is 0.497 e. The number of hydrogen-bond donors (Lipinski definition) is 1. The second-order valence-electron chi connectivity index (χ2n) is 11.3. The number of carbonyl (C=O) groups excluding carboxylic acids is 2. The number of ether oxygens (including phenoxy) is 3. The molecule has 214 valence electrons. The third kappa shape index (κ3) is 5.66. The lowest BCUT2D eigenvalue weighted by atomic mass is 9.72. The fourth-order valence-corrected chi connectivity index (χ4v) is 6.82. The quantitative estimate of drug-likeness (QED) is 0.230. The van der Waals surface area contributed by atoms with E-state index in [0.29, 0.717) is 50.1 Å². The van der Waals surface area contributed by atoms with E-state index in [2.05, 4.69) is 26.1 Å². The minimum Gasteiger partial charge on any atom is -0.497 e. The molecule has 2 heterocycles. The number of aromatic nitrogens is 1. The molecule has 0 saturated heterocycles. The monoisotopic (exact) mass is 572 g/mol. The molecule has 0 aliphatic heterocycles. The van der Waals surface area contributed by atoms with Crippen LogP contribution < -0.4 is 14.8 Å². The Balaban J connectivity index is 1.58. The van der Waals surface area contributed by atoms with Gasteiger partial charge in [-0.15, -0.1) is 11.3 Å². The standard InChI is InChI=1S/C33H36N2O5S/c1-7-40-32(37)29-23-14-12-19(33(2,3)4)16-28(23)41-31(29)35-30(36)24-18-26(34-25-11-9-8-10-21(24)25)22-15-13-20(38-5)17-27(22)39-6/h8-11,13,15,17-19H,7,12,14,16H2,1-6H3,(H,35,36)/t19-/m1/s1. The van der Waals surface area contributed by atoms with Crippen molar-refractivity contribution in [2.75, 3.05) is 26.1 Å². The zero-order valence-corrected chi connectivity index (χ0v) is 25.2. The summed E-state index contributed by atoms with van der Waals surface area (Å²) in [6.45, 7) is 8.84. The molecule has 41 heavy (non-hydrogen) atoms. The molecular weight excluding hydrogens is 536 g/mol. The van der Waals surface area contributed by atoms with Gasteiger partial charge in [-0.1, -0.05) is 39.0 Å². The number of fused-ring (bicyclic) bond motifs is 2. The first-order valence-electron chi connectivity index (χ1n) is 13.9. The maximum atomic E-state index is 14.0. The maximum absolute atomic E-state index is 14.0. The summed E-state index contributed by atoms with van der Waals surface area (Å²) < 4.78 is 16.4. The number of esters is 1. The second kappa shape index (κ2) is 11.5. The first-order valence-corrected chi connectivity index (χ1v) is 14.7. The van der Waals surface area contributed by atoms with E-state index in [-0.39, 0.29) is 17.9 Å². The lowest BCUT2D eigenvalue weighted by Gasteiger charge is -2.33. The van der Waals surface area contributed by atoms with Crippen molar-refractivity contribution < 1.29 is 23.8 Å². The molecule has 4 aromatic rings. The molecule has 1 aliphatic carbocycles. The average molecular weight is 573 g/mol. The fourth-order valence-electron chi connectivity index (χ4n) is 5.51. The lowest BCUT2D eigenvalue weighted by Crippen LogP contribution is -2.26. The summed E-state index contributed by atoms with van der Waals surface area (Å²) in [6.07, 6.45) is 2.66. The smallest absolute Gasteiger partial charge is 0.341 e. The van der Waals surface area contributed by atoms with Crippen LogP contribution in [0.2, 0.25) is 0 Å². The highest BCUT2D eigenvalue weighted by atomic mass is 32.1. The van der Waals surface area contributed by atoms with Gasteiger partial charge in [0.05, 0.1) is 43.2 Å². The van der Waals surface area contributed by atoms with Crippen LogP contribution in [-0.4, -0.2) is 37.7 Å². The number of methoxy groups -OCH3 is 2. The van der Waals surface area contributed by atoms with Crippen molar-refractivity contribution in [1.82, 2.24) is 4.98 Å². The van der Waals surface area contributed by atoms with Crippen molar-refractivity contribution in [3.05, 3.63) is 70.1 Å². The van der Waals surface area contributed by atoms with E-state index in [1.807, 2.05) is 36.4 Å². The molecule has 2 aromatic heterocycles. The Morgan fingerprint density at radius 3 is 2.56 bits per heavy atom. The molecule has 5 rings (SSSR count). The Morgan fingerprint density at radius 2 is 1.85 bits per heavy atom. The molecule has 0 fully saturated rings. The van der Waals surface area contributed by atoms with Crippen LogP contribution >= 0.6 is 11.3 Å². The van der Waals surface area contributed by atoms with E-state index in [1.165, 1.54) is 11.3 Å². The Kier molecular flexibility index (Phi) is 8.04. The van der Waals surface area contributed by atoms with Crippen molar-refractivity contribution >= 4 is 39.1 Å². The van der Waals surface area contributed by atoms with Crippen LogP contribution in [0.1, 0.15) is 65.3 Å². The predicted molar refractivity (Wildman–Crippen MR) is 163 cm³/mol. The topological polar surface area (TPSA) is 86.8 Å². The van der Waals surface area contributed by atoms with Crippen LogP contribution in [0, 0.1) is 11.3 Å². The van der Waals surface area contributed by atoms with Crippen LogP contribution in [0.15, 0.2) is 48.5 Å². The normalized spacial score (nSPS) is 14.8. The van der Waals surface area contributed by atoms with E-state index >= 15 is 0 Å². The predicted octanol–water partition coefficient (Wildman–Crippen LogP) is 7.56. The number of thiophene rings is 1. The number of pyridine rings is 1. The molecule has 0 unspecified atom stereocenters. The number of para-hydroxylation sites is 1. The molecule has 0 saturated carbocycles. The van der Waals surface area contributed by atoms with E-state index < -0.39 is 5.97 Å². The van der Waals surface area contributed by atoms with Gasteiger partial charge in [-0.25, -0.2) is 9.78 Å². The fraction of sp³-hybridized carbons (Fsp3) is 0.364. The Hall–Kier alpha value is -3.91. The number of nitrogens with zero attached hydrogens (tertiary/aromatic N) is 1. The molecule has 0 radical (unpaired) electrons. The molecule has 8 heteroatoms. The van der Waals surface area contributed by atoms with Gasteiger partial charge >= 0.3 is 5.97 Å². The highest BCUT2D eigenvalue weighted by Gasteiger charge is 2.34. The number of anilines is 1. The number of hydrogen-bond acceptors (Lipinski definition) is 7. The second-order valence-corrected chi connectivity index (χ2v) is 12.4. The number of nitrogens with one attached hydrogen (secondary N) is 1. The highest BCUT2D eigenvalue weighted by Crippen LogP contribution is 2.45. The van der Waals surface area contributed by atoms with Gasteiger partial charge in [0.2, 0.25) is 0 Å². The van der Waals surface area contributed by atoms with Gasteiger partial charge in [0.15, 0.2) is 0 Å². The van der Waals surface area contributed by atoms with Crippen molar-refractivity contribution in [3.8, 4) is 22.8 Å². The first kappa shape index (κ1) is 28.6. The lowest BCUT2D eigenvalue weighted by molar-refractivity contribution is 0.0526. The third-order valence-electron chi connectivity index (χ3n) is 7.84. The van der Waals surface area contributed by atoms with Crippen molar-refractivity contribution in [1.29, 1.82) is 0 Å². The zero-order chi connectivity index (χ0) is 29.3. The number of carbonyl (C=O) groups is 2. The Bertz CT molecular complexity index is 1620. The summed E-state index contributed by atoms with van der Waals surface area (Å²) in [7, 11) is 3.19. The molecule has 1 aliphatic rings. The SMILES string of the molecule is CCOC(=O)c1c(NC(=O)c2cc(-c3ccc(OC)cc3OC)nc3ccccc23)sc2c1CC[C@@H](C(C)(C)C)C2. The molecule has 1 amide bonds. The van der Waals surface area contributed by atoms with Crippen LogP contribution in [-0.2, 0) is 17.6 Å². The van der Waals surface area contributed by atoms with Gasteiger partial charge in [-0.3, -0.25) is 4.79 Å². The Morgan fingerprint density at radius 1 is 1.07 bits per heavy atom. The molecule has 0 bridgehead atoms. The number of amides is 1. The van der Waals surface area contributed by atoms with Gasteiger partial charge in [-0.05, 0) is 67.3 Å². The summed E-state index contributed by atoms with van der Waals surface area (Å²) in [6, 6.07) is 14.8. The Labute approximate surface area is 244 Å². The van der Waals surface area contributed by atoms with Gasteiger partial charge in [0.25, 0.3) is 5.91 Å².